The van der Waals surface area contributed by atoms with E-state index in [-0.39, 0.29) is 24.2 Å². The van der Waals surface area contributed by atoms with Crippen molar-refractivity contribution < 1.29 is 14.7 Å². The van der Waals surface area contributed by atoms with Gasteiger partial charge in [-0.1, -0.05) is 11.8 Å². The number of hydrogen-bond donors (Lipinski definition) is 1. The number of aromatic nitrogens is 3. The third-order valence-electron chi connectivity index (χ3n) is 3.28. The molecule has 0 bridgehead atoms. The first-order chi connectivity index (χ1) is 9.97. The van der Waals surface area contributed by atoms with Gasteiger partial charge in [-0.15, -0.1) is 10.2 Å². The van der Waals surface area contributed by atoms with Crippen molar-refractivity contribution in [3.8, 4) is 0 Å². The Morgan fingerprint density at radius 1 is 1.52 bits per heavy atom. The van der Waals surface area contributed by atoms with Gasteiger partial charge in [-0.25, -0.2) is 0 Å². The fraction of sp³-hybridized carbons (Fsp3) is 0.692. The largest absolute Gasteiger partial charge is 0.480 e. The third kappa shape index (κ3) is 4.73. The number of carboxylic acid groups (broad SMARTS) is 1. The molecular weight excluding hydrogens is 292 g/mol. The lowest BCUT2D eigenvalue weighted by atomic mass is 10.3. The van der Waals surface area contributed by atoms with E-state index in [1.54, 1.807) is 6.33 Å². The second kappa shape index (κ2) is 6.93. The molecule has 0 aliphatic heterocycles. The summed E-state index contributed by atoms with van der Waals surface area (Å²) in [4.78, 5) is 24.5. The third-order valence-corrected chi connectivity index (χ3v) is 4.22. The first-order valence-corrected chi connectivity index (χ1v) is 7.97. The van der Waals surface area contributed by atoms with Gasteiger partial charge in [0.15, 0.2) is 5.16 Å². The average Bonchev–Trinajstić information content (AvgIpc) is 3.09. The normalized spacial score (nSPS) is 14.4. The molecule has 0 radical (unpaired) electrons. The van der Waals surface area contributed by atoms with E-state index in [1.165, 1.54) is 16.7 Å². The van der Waals surface area contributed by atoms with E-state index in [9.17, 15) is 9.59 Å². The number of carbonyl (C=O) groups excluding carboxylic acids is 1. The van der Waals surface area contributed by atoms with Gasteiger partial charge >= 0.3 is 5.97 Å². The molecule has 116 valence electrons. The van der Waals surface area contributed by atoms with Crippen molar-refractivity contribution in [1.82, 2.24) is 19.7 Å². The average molecular weight is 312 g/mol. The highest BCUT2D eigenvalue weighted by Crippen LogP contribution is 2.30. The lowest BCUT2D eigenvalue weighted by Gasteiger charge is -2.20. The van der Waals surface area contributed by atoms with Gasteiger partial charge in [0.2, 0.25) is 5.91 Å². The molecular formula is C13H20N4O3S. The smallest absolute Gasteiger partial charge is 0.323 e. The summed E-state index contributed by atoms with van der Waals surface area (Å²) in [5.41, 5.74) is 0. The summed E-state index contributed by atoms with van der Waals surface area (Å²) < 4.78 is 1.89. The highest BCUT2D eigenvalue weighted by Gasteiger charge is 2.28. The Hall–Kier alpha value is -1.57. The van der Waals surface area contributed by atoms with Gasteiger partial charge < -0.3 is 14.6 Å². The number of amides is 1. The standard InChI is InChI=1S/C13H20N4O3S/c1-9(2)17-8-14-15-13(17)21-7-11(18)16(6-12(19)20)5-10-3-4-10/h8-10H,3-7H2,1-2H3,(H,19,20). The first kappa shape index (κ1) is 15.8. The first-order valence-electron chi connectivity index (χ1n) is 6.99. The van der Waals surface area contributed by atoms with Crippen molar-refractivity contribution in [2.45, 2.75) is 37.9 Å². The molecule has 1 aliphatic carbocycles. The van der Waals surface area contributed by atoms with Gasteiger partial charge in [-0.05, 0) is 32.6 Å². The lowest BCUT2D eigenvalue weighted by Crippen LogP contribution is -2.38. The predicted octanol–water partition coefficient (Wildman–Crippen LogP) is 1.27. The van der Waals surface area contributed by atoms with E-state index >= 15 is 0 Å². The fourth-order valence-electron chi connectivity index (χ4n) is 1.94. The zero-order chi connectivity index (χ0) is 15.4. The number of carboxylic acids is 1. The van der Waals surface area contributed by atoms with Crippen molar-refractivity contribution >= 4 is 23.6 Å². The summed E-state index contributed by atoms with van der Waals surface area (Å²) in [7, 11) is 0. The van der Waals surface area contributed by atoms with Gasteiger partial charge in [0.25, 0.3) is 0 Å². The molecule has 1 aromatic heterocycles. The van der Waals surface area contributed by atoms with Gasteiger partial charge in [0, 0.05) is 12.6 Å². The highest BCUT2D eigenvalue weighted by atomic mass is 32.2. The molecule has 0 atom stereocenters. The van der Waals surface area contributed by atoms with Crippen molar-refractivity contribution in [3.05, 3.63) is 6.33 Å². The van der Waals surface area contributed by atoms with Crippen LogP contribution in [0.5, 0.6) is 0 Å². The van der Waals surface area contributed by atoms with E-state index in [0.29, 0.717) is 17.6 Å². The summed E-state index contributed by atoms with van der Waals surface area (Å²) in [5, 5.41) is 17.4. The van der Waals surface area contributed by atoms with Crippen LogP contribution in [0.3, 0.4) is 0 Å². The maximum atomic E-state index is 12.2. The number of rotatable bonds is 8. The topological polar surface area (TPSA) is 88.3 Å². The molecule has 1 saturated carbocycles. The molecule has 1 N–H and O–H groups in total. The van der Waals surface area contributed by atoms with E-state index < -0.39 is 5.97 Å². The number of thioether (sulfide) groups is 1. The Labute approximate surface area is 127 Å². The van der Waals surface area contributed by atoms with Crippen molar-refractivity contribution in [2.75, 3.05) is 18.8 Å². The molecule has 0 unspecified atom stereocenters. The monoisotopic (exact) mass is 312 g/mol. The van der Waals surface area contributed by atoms with Crippen LogP contribution in [0.4, 0.5) is 0 Å². The molecule has 0 saturated heterocycles. The minimum absolute atomic E-state index is 0.160. The van der Waals surface area contributed by atoms with Crippen LogP contribution in [-0.2, 0) is 9.59 Å². The maximum Gasteiger partial charge on any atom is 0.323 e. The van der Waals surface area contributed by atoms with Gasteiger partial charge in [-0.2, -0.15) is 0 Å². The van der Waals surface area contributed by atoms with Crippen LogP contribution >= 0.6 is 11.8 Å². The van der Waals surface area contributed by atoms with Crippen molar-refractivity contribution in [3.63, 3.8) is 0 Å². The van der Waals surface area contributed by atoms with E-state index in [0.717, 1.165) is 12.8 Å². The Morgan fingerprint density at radius 3 is 2.81 bits per heavy atom. The molecule has 0 aromatic carbocycles. The molecule has 1 amide bonds. The molecule has 0 spiro atoms. The number of aliphatic carboxylic acids is 1. The van der Waals surface area contributed by atoms with E-state index in [4.69, 9.17) is 5.11 Å². The van der Waals surface area contributed by atoms with Gasteiger partial charge in [0.05, 0.1) is 5.75 Å². The Morgan fingerprint density at radius 2 is 2.24 bits per heavy atom. The SMILES string of the molecule is CC(C)n1cnnc1SCC(=O)N(CC(=O)O)CC1CC1. The van der Waals surface area contributed by atoms with Crippen molar-refractivity contribution in [2.24, 2.45) is 5.92 Å². The Balaban J connectivity index is 1.91. The lowest BCUT2D eigenvalue weighted by molar-refractivity contribution is -0.143. The minimum atomic E-state index is -0.973. The number of nitrogens with zero attached hydrogens (tertiary/aromatic N) is 4. The molecule has 1 fully saturated rings. The Kier molecular flexibility index (Phi) is 5.22. The van der Waals surface area contributed by atoms with Crippen LogP contribution in [0.2, 0.25) is 0 Å². The second-order valence-corrected chi connectivity index (χ2v) is 6.46. The molecule has 21 heavy (non-hydrogen) atoms. The predicted molar refractivity (Wildman–Crippen MR) is 78.1 cm³/mol. The van der Waals surface area contributed by atoms with Crippen LogP contribution in [0.1, 0.15) is 32.7 Å². The second-order valence-electron chi connectivity index (χ2n) is 5.51. The van der Waals surface area contributed by atoms with Crippen LogP contribution in [0.15, 0.2) is 11.5 Å². The molecule has 1 aromatic rings. The Bertz CT molecular complexity index is 513. The van der Waals surface area contributed by atoms with E-state index in [2.05, 4.69) is 10.2 Å². The quantitative estimate of drug-likeness (QED) is 0.727. The van der Waals surface area contributed by atoms with Gasteiger partial charge in [-0.3, -0.25) is 9.59 Å². The van der Waals surface area contributed by atoms with Crippen LogP contribution < -0.4 is 0 Å². The zero-order valence-electron chi connectivity index (χ0n) is 12.2. The molecule has 1 heterocycles. The molecule has 1 aliphatic rings. The summed E-state index contributed by atoms with van der Waals surface area (Å²) in [6.45, 7) is 4.34. The summed E-state index contributed by atoms with van der Waals surface area (Å²) >= 11 is 1.30. The highest BCUT2D eigenvalue weighted by molar-refractivity contribution is 7.99. The minimum Gasteiger partial charge on any atom is -0.480 e. The van der Waals surface area contributed by atoms with Crippen molar-refractivity contribution in [1.29, 1.82) is 0 Å². The summed E-state index contributed by atoms with van der Waals surface area (Å²) in [6, 6.07) is 0.221. The number of carbonyl (C=O) groups is 2. The summed E-state index contributed by atoms with van der Waals surface area (Å²) in [6.07, 6.45) is 3.80. The molecule has 8 heteroatoms. The number of hydrogen-bond acceptors (Lipinski definition) is 5. The summed E-state index contributed by atoms with van der Waals surface area (Å²) in [5.74, 6) is -0.477. The van der Waals surface area contributed by atoms with Crippen LogP contribution in [-0.4, -0.2) is 55.5 Å². The van der Waals surface area contributed by atoms with Gasteiger partial charge in [0.1, 0.15) is 12.9 Å². The zero-order valence-corrected chi connectivity index (χ0v) is 13.0. The molecule has 7 nitrogen and oxygen atoms in total. The van der Waals surface area contributed by atoms with Crippen LogP contribution in [0, 0.1) is 5.92 Å². The fourth-order valence-corrected chi connectivity index (χ4v) is 2.88. The van der Waals surface area contributed by atoms with E-state index in [1.807, 2.05) is 18.4 Å². The van der Waals surface area contributed by atoms with Crippen LogP contribution in [0.25, 0.3) is 0 Å². The molecule has 2 rings (SSSR count). The maximum absolute atomic E-state index is 12.2.